The SMILES string of the molecule is CCNC(=O)[C@@H](C)N(Cc1cccc(OC)c1)C(=O)COc1ccccc1C(C)(C)C. The van der Waals surface area contributed by atoms with Gasteiger partial charge in [0, 0.05) is 13.1 Å². The third kappa shape index (κ3) is 6.74. The molecule has 2 aromatic rings. The van der Waals surface area contributed by atoms with Gasteiger partial charge in [0.15, 0.2) is 6.61 Å². The van der Waals surface area contributed by atoms with Crippen LogP contribution >= 0.6 is 0 Å². The van der Waals surface area contributed by atoms with E-state index in [1.807, 2.05) is 55.5 Å². The fraction of sp³-hybridized carbons (Fsp3) is 0.440. The molecule has 6 heteroatoms. The fourth-order valence-electron chi connectivity index (χ4n) is 3.31. The molecule has 0 spiro atoms. The highest BCUT2D eigenvalue weighted by atomic mass is 16.5. The number of methoxy groups -OCH3 is 1. The summed E-state index contributed by atoms with van der Waals surface area (Å²) in [5, 5.41) is 2.79. The molecule has 0 aliphatic rings. The lowest BCUT2D eigenvalue weighted by molar-refractivity contribution is -0.142. The maximum absolute atomic E-state index is 13.2. The van der Waals surface area contributed by atoms with Crippen molar-refractivity contribution >= 4 is 11.8 Å². The maximum Gasteiger partial charge on any atom is 0.261 e. The van der Waals surface area contributed by atoms with Gasteiger partial charge in [-0.3, -0.25) is 9.59 Å². The summed E-state index contributed by atoms with van der Waals surface area (Å²) in [6.45, 7) is 10.5. The van der Waals surface area contributed by atoms with Gasteiger partial charge in [-0.2, -0.15) is 0 Å². The molecular weight excluding hydrogens is 392 g/mol. The Morgan fingerprint density at radius 2 is 1.81 bits per heavy atom. The Morgan fingerprint density at radius 1 is 1.10 bits per heavy atom. The highest BCUT2D eigenvalue weighted by Crippen LogP contribution is 2.31. The summed E-state index contributed by atoms with van der Waals surface area (Å²) in [5.41, 5.74) is 1.78. The molecule has 2 aromatic carbocycles. The van der Waals surface area contributed by atoms with E-state index in [2.05, 4.69) is 26.1 Å². The first-order valence-electron chi connectivity index (χ1n) is 10.6. The lowest BCUT2D eigenvalue weighted by Crippen LogP contribution is -2.49. The molecule has 0 saturated carbocycles. The quantitative estimate of drug-likeness (QED) is 0.660. The standard InChI is InChI=1S/C25H34N2O4/c1-7-26-24(29)18(2)27(16-19-11-10-12-20(15-19)30-6)23(28)17-31-22-14-9-8-13-21(22)25(3,4)5/h8-15,18H,7,16-17H2,1-6H3,(H,26,29)/t18-/m1/s1. The third-order valence-electron chi connectivity index (χ3n) is 5.05. The zero-order valence-corrected chi connectivity index (χ0v) is 19.4. The van der Waals surface area contributed by atoms with Crippen molar-refractivity contribution in [1.29, 1.82) is 0 Å². The molecule has 0 saturated heterocycles. The molecule has 0 aliphatic carbocycles. The van der Waals surface area contributed by atoms with Gasteiger partial charge in [-0.25, -0.2) is 0 Å². The molecule has 168 valence electrons. The molecule has 0 aliphatic heterocycles. The van der Waals surface area contributed by atoms with Crippen LogP contribution < -0.4 is 14.8 Å². The van der Waals surface area contributed by atoms with E-state index in [1.165, 1.54) is 0 Å². The number of carbonyl (C=O) groups excluding carboxylic acids is 2. The Kier molecular flexibility index (Phi) is 8.48. The Balaban J connectivity index is 2.23. The van der Waals surface area contributed by atoms with Crippen LogP contribution in [0.1, 0.15) is 45.7 Å². The smallest absolute Gasteiger partial charge is 0.261 e. The Morgan fingerprint density at radius 3 is 2.45 bits per heavy atom. The number of hydrogen-bond acceptors (Lipinski definition) is 4. The first kappa shape index (κ1) is 24.3. The van der Waals surface area contributed by atoms with E-state index in [0.29, 0.717) is 18.0 Å². The van der Waals surface area contributed by atoms with E-state index in [-0.39, 0.29) is 30.4 Å². The van der Waals surface area contributed by atoms with Gasteiger partial charge in [-0.05, 0) is 48.6 Å². The van der Waals surface area contributed by atoms with Crippen LogP contribution in [-0.2, 0) is 21.5 Å². The highest BCUT2D eigenvalue weighted by Gasteiger charge is 2.27. The number of rotatable bonds is 9. The summed E-state index contributed by atoms with van der Waals surface area (Å²) < 4.78 is 11.2. The normalized spacial score (nSPS) is 12.1. The number of hydrogen-bond donors (Lipinski definition) is 1. The summed E-state index contributed by atoms with van der Waals surface area (Å²) >= 11 is 0. The van der Waals surface area contributed by atoms with Crippen molar-refractivity contribution in [1.82, 2.24) is 10.2 Å². The lowest BCUT2D eigenvalue weighted by Gasteiger charge is -2.29. The maximum atomic E-state index is 13.2. The predicted molar refractivity (Wildman–Crippen MR) is 122 cm³/mol. The molecule has 1 atom stereocenters. The van der Waals surface area contributed by atoms with Crippen LogP contribution in [0.5, 0.6) is 11.5 Å². The van der Waals surface area contributed by atoms with Crippen LogP contribution in [0, 0.1) is 0 Å². The number of nitrogens with zero attached hydrogens (tertiary/aromatic N) is 1. The summed E-state index contributed by atoms with van der Waals surface area (Å²) in [6, 6.07) is 14.6. The molecule has 0 fully saturated rings. The van der Waals surface area contributed by atoms with Crippen molar-refractivity contribution in [3.05, 3.63) is 59.7 Å². The fourth-order valence-corrected chi connectivity index (χ4v) is 3.31. The van der Waals surface area contributed by atoms with Gasteiger partial charge < -0.3 is 19.7 Å². The van der Waals surface area contributed by atoms with Gasteiger partial charge in [0.25, 0.3) is 5.91 Å². The van der Waals surface area contributed by atoms with E-state index < -0.39 is 6.04 Å². The van der Waals surface area contributed by atoms with Crippen molar-refractivity contribution in [2.45, 2.75) is 52.6 Å². The number of nitrogens with one attached hydrogen (secondary N) is 1. The van der Waals surface area contributed by atoms with Gasteiger partial charge in [-0.15, -0.1) is 0 Å². The molecular formula is C25H34N2O4. The molecule has 0 radical (unpaired) electrons. The number of para-hydroxylation sites is 1. The molecule has 1 N–H and O–H groups in total. The van der Waals surface area contributed by atoms with Gasteiger partial charge >= 0.3 is 0 Å². The number of benzene rings is 2. The van der Waals surface area contributed by atoms with Gasteiger partial charge in [-0.1, -0.05) is 51.1 Å². The molecule has 0 heterocycles. The average Bonchev–Trinajstić information content (AvgIpc) is 2.75. The minimum absolute atomic E-state index is 0.117. The molecule has 6 nitrogen and oxygen atoms in total. The minimum atomic E-state index is -0.639. The molecule has 2 rings (SSSR count). The number of amides is 2. The molecule has 0 unspecified atom stereocenters. The minimum Gasteiger partial charge on any atom is -0.497 e. The summed E-state index contributed by atoms with van der Waals surface area (Å²) in [5.74, 6) is 0.917. The Hall–Kier alpha value is -3.02. The zero-order chi connectivity index (χ0) is 23.0. The van der Waals surface area contributed by atoms with E-state index in [0.717, 1.165) is 11.1 Å². The molecule has 0 aromatic heterocycles. The van der Waals surface area contributed by atoms with Crippen LogP contribution in [0.2, 0.25) is 0 Å². The van der Waals surface area contributed by atoms with Crippen LogP contribution in [0.25, 0.3) is 0 Å². The molecule has 31 heavy (non-hydrogen) atoms. The third-order valence-corrected chi connectivity index (χ3v) is 5.05. The monoisotopic (exact) mass is 426 g/mol. The topological polar surface area (TPSA) is 67.9 Å². The second kappa shape index (κ2) is 10.8. The van der Waals surface area contributed by atoms with Crippen molar-refractivity contribution in [3.8, 4) is 11.5 Å². The van der Waals surface area contributed by atoms with Gasteiger partial charge in [0.05, 0.1) is 7.11 Å². The highest BCUT2D eigenvalue weighted by molar-refractivity contribution is 5.87. The Labute approximate surface area is 185 Å². The van der Waals surface area contributed by atoms with E-state index in [9.17, 15) is 9.59 Å². The van der Waals surface area contributed by atoms with Crippen LogP contribution in [0.15, 0.2) is 48.5 Å². The first-order chi connectivity index (χ1) is 14.7. The zero-order valence-electron chi connectivity index (χ0n) is 19.4. The molecule has 2 amide bonds. The number of ether oxygens (including phenoxy) is 2. The van der Waals surface area contributed by atoms with Crippen LogP contribution in [0.4, 0.5) is 0 Å². The molecule has 0 bridgehead atoms. The van der Waals surface area contributed by atoms with Crippen molar-refractivity contribution in [3.63, 3.8) is 0 Å². The van der Waals surface area contributed by atoms with E-state index in [1.54, 1.807) is 18.9 Å². The summed E-state index contributed by atoms with van der Waals surface area (Å²) in [7, 11) is 1.60. The van der Waals surface area contributed by atoms with Crippen molar-refractivity contribution in [2.75, 3.05) is 20.3 Å². The second-order valence-electron chi connectivity index (χ2n) is 8.48. The number of carbonyl (C=O) groups is 2. The predicted octanol–water partition coefficient (Wildman–Crippen LogP) is 3.92. The number of likely N-dealkylation sites (N-methyl/N-ethyl adjacent to an activating group) is 1. The summed E-state index contributed by atoms with van der Waals surface area (Å²) in [6.07, 6.45) is 0. The second-order valence-corrected chi connectivity index (χ2v) is 8.48. The largest absolute Gasteiger partial charge is 0.497 e. The Bertz CT molecular complexity index is 889. The average molecular weight is 427 g/mol. The van der Waals surface area contributed by atoms with Crippen LogP contribution in [-0.4, -0.2) is 43.0 Å². The van der Waals surface area contributed by atoms with E-state index in [4.69, 9.17) is 9.47 Å². The van der Waals surface area contributed by atoms with Crippen molar-refractivity contribution in [2.24, 2.45) is 0 Å². The first-order valence-corrected chi connectivity index (χ1v) is 10.6. The lowest BCUT2D eigenvalue weighted by atomic mass is 9.86. The van der Waals surface area contributed by atoms with E-state index >= 15 is 0 Å². The summed E-state index contributed by atoms with van der Waals surface area (Å²) in [4.78, 5) is 27.2. The van der Waals surface area contributed by atoms with Gasteiger partial charge in [0.2, 0.25) is 5.91 Å². The van der Waals surface area contributed by atoms with Gasteiger partial charge in [0.1, 0.15) is 17.5 Å². The van der Waals surface area contributed by atoms with Crippen molar-refractivity contribution < 1.29 is 19.1 Å². The van der Waals surface area contributed by atoms with Crippen LogP contribution in [0.3, 0.4) is 0 Å².